The Bertz CT molecular complexity index is 2280. The van der Waals surface area contributed by atoms with Crippen LogP contribution in [-0.4, -0.2) is 76.9 Å². The second-order valence-corrected chi connectivity index (χ2v) is 16.8. The second-order valence-electron chi connectivity index (χ2n) is 14.9. The van der Waals surface area contributed by atoms with E-state index in [1.54, 1.807) is 12.1 Å². The van der Waals surface area contributed by atoms with Crippen molar-refractivity contribution in [3.8, 4) is 5.88 Å². The van der Waals surface area contributed by atoms with Crippen LogP contribution in [0.4, 0.5) is 4.39 Å². The minimum atomic E-state index is -3.88. The molecule has 0 unspecified atom stereocenters. The summed E-state index contributed by atoms with van der Waals surface area (Å²) < 4.78 is 53.8. The van der Waals surface area contributed by atoms with E-state index >= 15 is 0 Å². The number of fused-ring (bicyclic) bond motifs is 5. The van der Waals surface area contributed by atoms with Gasteiger partial charge in [-0.3, -0.25) is 23.9 Å². The van der Waals surface area contributed by atoms with Gasteiger partial charge in [-0.1, -0.05) is 48.3 Å². The molecule has 0 spiro atoms. The molecule has 54 heavy (non-hydrogen) atoms. The van der Waals surface area contributed by atoms with E-state index in [9.17, 15) is 32.0 Å². The van der Waals surface area contributed by atoms with Crippen LogP contribution in [0.2, 0.25) is 0 Å². The quantitative estimate of drug-likeness (QED) is 0.197. The first-order chi connectivity index (χ1) is 26.0. The van der Waals surface area contributed by atoms with Crippen LogP contribution in [0.3, 0.4) is 0 Å². The fourth-order valence-electron chi connectivity index (χ4n) is 7.89. The molecule has 0 bridgehead atoms. The maximum absolute atomic E-state index is 14.5. The summed E-state index contributed by atoms with van der Waals surface area (Å²) in [6.45, 7) is -0.0403. The molecule has 282 valence electrons. The first-order valence-corrected chi connectivity index (χ1v) is 20.0. The maximum Gasteiger partial charge on any atom is 0.274 e. The molecule has 5 atom stereocenters. The highest BCUT2D eigenvalue weighted by Crippen LogP contribution is 2.57. The molecule has 2 saturated carbocycles. The van der Waals surface area contributed by atoms with Gasteiger partial charge < -0.3 is 19.5 Å². The number of pyridine rings is 1. The van der Waals surface area contributed by atoms with Crippen molar-refractivity contribution in [2.24, 2.45) is 11.3 Å². The molecule has 4 aromatic rings. The largest absolute Gasteiger partial charge is 0.472 e. The molecule has 2 aliphatic carbocycles. The Morgan fingerprint density at radius 2 is 1.83 bits per heavy atom. The number of halogens is 1. The molecule has 1 saturated heterocycles. The molecule has 2 N–H and O–H groups in total. The summed E-state index contributed by atoms with van der Waals surface area (Å²) in [5.74, 6) is -2.79. The molecule has 4 aliphatic rings. The van der Waals surface area contributed by atoms with E-state index in [0.717, 1.165) is 18.2 Å². The molecule has 4 heterocycles. The predicted molar refractivity (Wildman–Crippen MR) is 194 cm³/mol. The lowest BCUT2D eigenvalue weighted by molar-refractivity contribution is -0.140. The van der Waals surface area contributed by atoms with Crippen LogP contribution in [0, 0.1) is 17.2 Å². The highest BCUT2D eigenvalue weighted by molar-refractivity contribution is 7.90. The molecular weight excluding hydrogens is 718 g/mol. The van der Waals surface area contributed by atoms with Crippen LogP contribution in [-0.2, 0) is 24.4 Å². The van der Waals surface area contributed by atoms with Gasteiger partial charge >= 0.3 is 0 Å². The zero-order valence-electron chi connectivity index (χ0n) is 29.4. The van der Waals surface area contributed by atoms with Gasteiger partial charge in [0.25, 0.3) is 5.91 Å². The molecule has 13 nitrogen and oxygen atoms in total. The number of ketones is 1. The van der Waals surface area contributed by atoms with Gasteiger partial charge in [-0.05, 0) is 74.1 Å². The number of nitrogens with one attached hydrogen (secondary N) is 2. The monoisotopic (exact) mass is 757 g/mol. The third-order valence-corrected chi connectivity index (χ3v) is 12.9. The number of rotatable bonds is 7. The van der Waals surface area contributed by atoms with E-state index in [-0.39, 0.29) is 36.9 Å². The highest BCUT2D eigenvalue weighted by atomic mass is 32.2. The third kappa shape index (κ3) is 7.08. The molecule has 3 amide bonds. The predicted octanol–water partition coefficient (Wildman–Crippen LogP) is 4.76. The number of aromatic nitrogens is 2. The molecule has 0 radical (unpaired) electrons. The second kappa shape index (κ2) is 14.2. The lowest BCUT2D eigenvalue weighted by Crippen LogP contribution is -2.52. The van der Waals surface area contributed by atoms with Gasteiger partial charge in [0.05, 0.1) is 28.8 Å². The number of hydrogen-bond acceptors (Lipinski definition) is 10. The Morgan fingerprint density at radius 1 is 1.00 bits per heavy atom. The van der Waals surface area contributed by atoms with Crippen LogP contribution in [0.15, 0.2) is 71.5 Å². The fourth-order valence-corrected chi connectivity index (χ4v) is 9.28. The molecular formula is C39H40FN5O8S. The van der Waals surface area contributed by atoms with Gasteiger partial charge in [-0.25, -0.2) is 17.8 Å². The molecule has 2 aromatic heterocycles. The Morgan fingerprint density at radius 3 is 2.63 bits per heavy atom. The molecule has 2 aromatic carbocycles. The SMILES string of the molecule is O=C(N[C@H]1CCCCC/C=C\[C@@H]2C[C@@]2(C(=O)NS(=O)(=O)C2CC2)CC(=O)[C@@H]2C[C@@H](Oc3nc4ccccc4c4cc(F)ccc34)CN2C1=O)c1ccon1. The lowest BCUT2D eigenvalue weighted by Gasteiger charge is -2.29. The summed E-state index contributed by atoms with van der Waals surface area (Å²) in [5.41, 5.74) is -0.716. The highest BCUT2D eigenvalue weighted by Gasteiger charge is 2.61. The van der Waals surface area contributed by atoms with Gasteiger partial charge in [0, 0.05) is 29.7 Å². The topological polar surface area (TPSA) is 178 Å². The molecule has 8 rings (SSSR count). The van der Waals surface area contributed by atoms with E-state index in [4.69, 9.17) is 14.2 Å². The van der Waals surface area contributed by atoms with E-state index in [0.29, 0.717) is 54.8 Å². The van der Waals surface area contributed by atoms with Crippen molar-refractivity contribution < 1.29 is 41.2 Å². The minimum absolute atomic E-state index is 0.00124. The van der Waals surface area contributed by atoms with Crippen molar-refractivity contribution in [1.82, 2.24) is 25.1 Å². The Balaban J connectivity index is 1.13. The van der Waals surface area contributed by atoms with Crippen molar-refractivity contribution in [2.45, 2.75) is 87.6 Å². The number of sulfonamides is 1. The first kappa shape index (κ1) is 35.8. The van der Waals surface area contributed by atoms with Gasteiger partial charge in [0.1, 0.15) is 24.2 Å². The Kier molecular flexibility index (Phi) is 9.44. The van der Waals surface area contributed by atoms with Gasteiger partial charge in [0.2, 0.25) is 27.7 Å². The third-order valence-electron chi connectivity index (χ3n) is 11.1. The summed E-state index contributed by atoms with van der Waals surface area (Å²) in [4.78, 5) is 62.1. The van der Waals surface area contributed by atoms with E-state index < -0.39 is 68.2 Å². The molecule has 2 aliphatic heterocycles. The summed E-state index contributed by atoms with van der Waals surface area (Å²) in [6, 6.07) is 10.9. The molecule has 3 fully saturated rings. The number of amides is 3. The standard InChI is InChI=1S/C39H40FN5O8S/c40-24-12-15-28-29(18-24)27-9-6-7-10-30(27)42-36(28)53-25-19-33-34(46)21-39(38(49)44-54(50,51)26-13-14-26)20-23(39)8-4-2-1-3-5-11-32(37(48)45(33)22-25)41-35(47)31-16-17-52-43-31/h4,6-10,12,15-18,23,25-26,32-33H,1-3,5,11,13-14,19-22H2,(H,41,47)(H,44,49)/b8-4-/t23-,25-,32+,33+,39-/m1/s1. The zero-order valence-corrected chi connectivity index (χ0v) is 30.2. The van der Waals surface area contributed by atoms with Crippen molar-refractivity contribution in [3.63, 3.8) is 0 Å². The van der Waals surface area contributed by atoms with Crippen molar-refractivity contribution >= 4 is 55.2 Å². The normalized spacial score (nSPS) is 27.0. The number of carbonyl (C=O) groups excluding carboxylic acids is 4. The van der Waals surface area contributed by atoms with Crippen molar-refractivity contribution in [1.29, 1.82) is 0 Å². The number of benzene rings is 2. The van der Waals surface area contributed by atoms with Crippen molar-refractivity contribution in [3.05, 3.63) is 78.5 Å². The van der Waals surface area contributed by atoms with E-state index in [1.165, 1.54) is 29.4 Å². The number of nitrogens with zero attached hydrogens (tertiary/aromatic N) is 3. The van der Waals surface area contributed by atoms with Crippen LogP contribution >= 0.6 is 0 Å². The van der Waals surface area contributed by atoms with Crippen molar-refractivity contribution in [2.75, 3.05) is 6.54 Å². The summed E-state index contributed by atoms with van der Waals surface area (Å²) in [6.07, 6.45) is 8.51. The van der Waals surface area contributed by atoms with Gasteiger partial charge in [-0.2, -0.15) is 0 Å². The number of Topliss-reactive ketones (excluding diaryl/α,β-unsaturated/α-hetero) is 1. The fraction of sp³-hybridized carbons (Fsp3) is 0.436. The number of para-hydroxylation sites is 1. The Hall–Kier alpha value is -5.18. The smallest absolute Gasteiger partial charge is 0.274 e. The maximum atomic E-state index is 14.5. The van der Waals surface area contributed by atoms with E-state index in [1.807, 2.05) is 30.4 Å². The van der Waals surface area contributed by atoms with Crippen LogP contribution in [0.25, 0.3) is 21.7 Å². The summed E-state index contributed by atoms with van der Waals surface area (Å²) in [7, 11) is -3.88. The number of hydrogen-bond donors (Lipinski definition) is 2. The number of ether oxygens (including phenoxy) is 1. The lowest BCUT2D eigenvalue weighted by atomic mass is 9.91. The summed E-state index contributed by atoms with van der Waals surface area (Å²) >= 11 is 0. The number of carbonyl (C=O) groups is 4. The Labute approximate surface area is 310 Å². The summed E-state index contributed by atoms with van der Waals surface area (Å²) in [5, 5.41) is 7.75. The number of allylic oxidation sites excluding steroid dienone is 2. The molecule has 15 heteroatoms. The van der Waals surface area contributed by atoms with Gasteiger partial charge in [0.15, 0.2) is 11.5 Å². The average Bonchev–Trinajstić information content (AvgIpc) is 4.01. The zero-order chi connectivity index (χ0) is 37.6. The average molecular weight is 758 g/mol. The van der Waals surface area contributed by atoms with Gasteiger partial charge in [-0.15, -0.1) is 0 Å². The van der Waals surface area contributed by atoms with Crippen LogP contribution in [0.1, 0.15) is 74.7 Å². The van der Waals surface area contributed by atoms with Crippen LogP contribution in [0.5, 0.6) is 5.88 Å². The van der Waals surface area contributed by atoms with Crippen LogP contribution < -0.4 is 14.8 Å². The minimum Gasteiger partial charge on any atom is -0.472 e. The van der Waals surface area contributed by atoms with E-state index in [2.05, 4.69) is 15.2 Å². The first-order valence-electron chi connectivity index (χ1n) is 18.4.